The highest BCUT2D eigenvalue weighted by molar-refractivity contribution is 6.08. The van der Waals surface area contributed by atoms with Crippen LogP contribution in [0.5, 0.6) is 0 Å². The van der Waals surface area contributed by atoms with E-state index in [1.807, 2.05) is 0 Å². The van der Waals surface area contributed by atoms with Gasteiger partial charge in [-0.1, -0.05) is 12.1 Å². The molecule has 11 nitrogen and oxygen atoms in total. The Bertz CT molecular complexity index is 1230. The lowest BCUT2D eigenvalue weighted by Crippen LogP contribution is -2.38. The molecule has 0 spiro atoms. The summed E-state index contributed by atoms with van der Waals surface area (Å²) in [5.74, 6) is -2.87. The summed E-state index contributed by atoms with van der Waals surface area (Å²) in [6.07, 6.45) is 0. The molecule has 0 fully saturated rings. The summed E-state index contributed by atoms with van der Waals surface area (Å²) in [5, 5.41) is 0. The Hall–Kier alpha value is -4.25. The maximum absolute atomic E-state index is 12.8. The largest absolute Gasteiger partial charge is 0.466 e. The zero-order chi connectivity index (χ0) is 26.6. The fraction of sp³-hybridized carbons (Fsp3) is 0.320. The Morgan fingerprint density at radius 3 is 1.92 bits per heavy atom. The number of aryl methyl sites for hydroxylation is 2. The number of hydrogen-bond donors (Lipinski definition) is 0. The van der Waals surface area contributed by atoms with Crippen LogP contribution in [0.25, 0.3) is 11.1 Å². The summed E-state index contributed by atoms with van der Waals surface area (Å²) in [7, 11) is 4.85. The third kappa shape index (κ3) is 4.78. The zero-order valence-electron chi connectivity index (χ0n) is 20.8. The lowest BCUT2D eigenvalue weighted by atomic mass is 9.92. The van der Waals surface area contributed by atoms with Crippen LogP contribution in [-0.2, 0) is 33.3 Å². The molecule has 0 bridgehead atoms. The molecule has 0 N–H and O–H groups in total. The highest BCUT2D eigenvalue weighted by atomic mass is 16.5. The van der Waals surface area contributed by atoms with Gasteiger partial charge in [-0.2, -0.15) is 0 Å². The first kappa shape index (κ1) is 26.4. The minimum atomic E-state index is -0.759. The van der Waals surface area contributed by atoms with E-state index >= 15 is 0 Å². The van der Waals surface area contributed by atoms with E-state index in [0.29, 0.717) is 22.6 Å². The van der Waals surface area contributed by atoms with Crippen LogP contribution >= 0.6 is 0 Å². The number of hydrogen-bond acceptors (Lipinski definition) is 11. The smallest absolute Gasteiger partial charge is 0.355 e. The van der Waals surface area contributed by atoms with Crippen LogP contribution in [-0.4, -0.2) is 70.6 Å². The molecule has 0 saturated carbocycles. The fourth-order valence-electron chi connectivity index (χ4n) is 4.02. The number of rotatable bonds is 6. The average Bonchev–Trinajstić information content (AvgIpc) is 2.90. The highest BCUT2D eigenvalue weighted by Crippen LogP contribution is 2.36. The molecule has 0 radical (unpaired) electrons. The Morgan fingerprint density at radius 2 is 1.39 bits per heavy atom. The van der Waals surface area contributed by atoms with E-state index in [-0.39, 0.29) is 41.3 Å². The molecule has 36 heavy (non-hydrogen) atoms. The van der Waals surface area contributed by atoms with E-state index in [0.717, 1.165) is 0 Å². The van der Waals surface area contributed by atoms with Gasteiger partial charge in [-0.05, 0) is 31.5 Å². The van der Waals surface area contributed by atoms with Gasteiger partial charge in [0.25, 0.3) is 0 Å². The lowest BCUT2D eigenvalue weighted by molar-refractivity contribution is -0.140. The van der Waals surface area contributed by atoms with Crippen molar-refractivity contribution in [2.24, 2.45) is 0 Å². The molecule has 0 amide bonds. The summed E-state index contributed by atoms with van der Waals surface area (Å²) in [4.78, 5) is 56.3. The molecule has 1 aliphatic heterocycles. The van der Waals surface area contributed by atoms with Crippen molar-refractivity contribution in [2.45, 2.75) is 13.8 Å². The highest BCUT2D eigenvalue weighted by Gasteiger charge is 2.33. The molecule has 1 aromatic carbocycles. The summed E-state index contributed by atoms with van der Waals surface area (Å²) in [6.45, 7) is 3.05. The van der Waals surface area contributed by atoms with Crippen molar-refractivity contribution in [1.82, 2.24) is 4.98 Å². The number of carbonyl (C=O) groups is 4. The molecule has 0 unspecified atom stereocenters. The van der Waals surface area contributed by atoms with Crippen LogP contribution in [0.1, 0.15) is 32.1 Å². The van der Waals surface area contributed by atoms with Crippen LogP contribution in [0.4, 0.5) is 5.69 Å². The number of carbonyl (C=O) groups excluding carboxylic acids is 4. The van der Waals surface area contributed by atoms with Gasteiger partial charge in [0, 0.05) is 11.3 Å². The second-order valence-electron chi connectivity index (χ2n) is 7.66. The molecular weight excluding hydrogens is 472 g/mol. The van der Waals surface area contributed by atoms with Gasteiger partial charge in [-0.3, -0.25) is 4.98 Å². The lowest BCUT2D eigenvalue weighted by Gasteiger charge is -2.31. The van der Waals surface area contributed by atoms with Crippen molar-refractivity contribution in [2.75, 3.05) is 46.7 Å². The number of ether oxygens (including phenoxy) is 5. The summed E-state index contributed by atoms with van der Waals surface area (Å²) in [5.41, 5.74) is 1.97. The molecule has 11 heteroatoms. The number of methoxy groups -OCH3 is 4. The molecule has 190 valence electrons. The molecule has 2 aromatic rings. The number of nitrogens with zero attached hydrogens (tertiary/aromatic N) is 2. The SMILES string of the molecule is COC(=O)C1=C(C(=O)OC)N(c2cccc(-c3c(C(=O)OC)c(C)nc(C)c3C(=O)OC)c2)COC1. The van der Waals surface area contributed by atoms with E-state index in [2.05, 4.69) is 4.98 Å². The molecule has 2 heterocycles. The number of esters is 4. The minimum Gasteiger partial charge on any atom is -0.466 e. The van der Waals surface area contributed by atoms with Crippen LogP contribution in [0.15, 0.2) is 35.5 Å². The van der Waals surface area contributed by atoms with Crippen LogP contribution in [0.2, 0.25) is 0 Å². The van der Waals surface area contributed by atoms with Crippen molar-refractivity contribution in [3.8, 4) is 11.1 Å². The molecule has 0 aliphatic carbocycles. The van der Waals surface area contributed by atoms with Gasteiger partial charge in [0.2, 0.25) is 0 Å². The van der Waals surface area contributed by atoms with Gasteiger partial charge >= 0.3 is 23.9 Å². The van der Waals surface area contributed by atoms with Gasteiger partial charge in [0.15, 0.2) is 0 Å². The monoisotopic (exact) mass is 498 g/mol. The predicted octanol–water partition coefficient (Wildman–Crippen LogP) is 2.33. The topological polar surface area (TPSA) is 131 Å². The number of pyridine rings is 1. The second kappa shape index (κ2) is 11.0. The Morgan fingerprint density at radius 1 is 0.833 bits per heavy atom. The number of benzene rings is 1. The van der Waals surface area contributed by atoms with Crippen LogP contribution < -0.4 is 4.90 Å². The normalized spacial score (nSPS) is 13.2. The second-order valence-corrected chi connectivity index (χ2v) is 7.66. The third-order valence-corrected chi connectivity index (χ3v) is 5.62. The van der Waals surface area contributed by atoms with Crippen molar-refractivity contribution in [3.63, 3.8) is 0 Å². The van der Waals surface area contributed by atoms with Crippen molar-refractivity contribution in [3.05, 3.63) is 58.1 Å². The van der Waals surface area contributed by atoms with Crippen LogP contribution in [0.3, 0.4) is 0 Å². The summed E-state index contributed by atoms with van der Waals surface area (Å²) >= 11 is 0. The first-order valence-electron chi connectivity index (χ1n) is 10.7. The van der Waals surface area contributed by atoms with Gasteiger partial charge in [0.05, 0.1) is 63.1 Å². The minimum absolute atomic E-state index is 0.0119. The standard InChI is InChI=1S/C25H26N2O9/c1-13-18(23(29)33-4)20(19(14(2)26-13)24(30)34-5)15-8-7-9-16(10-15)27-12-36-11-17(22(28)32-3)21(27)25(31)35-6/h7-10H,11-12H2,1-6H3. The Balaban J connectivity index is 2.31. The first-order chi connectivity index (χ1) is 17.2. The van der Waals surface area contributed by atoms with Crippen molar-refractivity contribution < 1.29 is 42.9 Å². The van der Waals surface area contributed by atoms with Gasteiger partial charge in [-0.25, -0.2) is 19.2 Å². The zero-order valence-corrected chi connectivity index (χ0v) is 20.8. The number of anilines is 1. The van der Waals surface area contributed by atoms with Gasteiger partial charge < -0.3 is 28.6 Å². The van der Waals surface area contributed by atoms with Gasteiger partial charge in [-0.15, -0.1) is 0 Å². The maximum atomic E-state index is 12.8. The molecule has 0 saturated heterocycles. The summed E-state index contributed by atoms with van der Waals surface area (Å²) in [6, 6.07) is 6.66. The van der Waals surface area contributed by atoms with Crippen molar-refractivity contribution >= 4 is 29.6 Å². The first-order valence-corrected chi connectivity index (χ1v) is 10.7. The predicted molar refractivity (Wildman–Crippen MR) is 126 cm³/mol. The van der Waals surface area contributed by atoms with E-state index in [1.54, 1.807) is 38.1 Å². The van der Waals surface area contributed by atoms with Crippen LogP contribution in [0, 0.1) is 13.8 Å². The van der Waals surface area contributed by atoms with Crippen molar-refractivity contribution in [1.29, 1.82) is 0 Å². The summed E-state index contributed by atoms with van der Waals surface area (Å²) < 4.78 is 25.2. The Labute approximate surface area is 207 Å². The number of aromatic nitrogens is 1. The molecule has 1 aromatic heterocycles. The average molecular weight is 498 g/mol. The quantitative estimate of drug-likeness (QED) is 0.429. The van der Waals surface area contributed by atoms with E-state index in [1.165, 1.54) is 33.3 Å². The Kier molecular flexibility index (Phi) is 8.05. The van der Waals surface area contributed by atoms with E-state index in [4.69, 9.17) is 23.7 Å². The molecule has 0 atom stereocenters. The molecule has 3 rings (SSSR count). The van der Waals surface area contributed by atoms with Gasteiger partial charge in [0.1, 0.15) is 12.4 Å². The third-order valence-electron chi connectivity index (χ3n) is 5.62. The molecule has 1 aliphatic rings. The maximum Gasteiger partial charge on any atom is 0.355 e. The van der Waals surface area contributed by atoms with E-state index in [9.17, 15) is 19.2 Å². The fourth-order valence-corrected chi connectivity index (χ4v) is 4.02. The van der Waals surface area contributed by atoms with E-state index < -0.39 is 23.9 Å². The molecular formula is C25H26N2O9.